The number of carbonyl (C=O) groups is 1. The van der Waals surface area contributed by atoms with Crippen molar-refractivity contribution in [3.05, 3.63) is 0 Å². The molecule has 0 bridgehead atoms. The van der Waals surface area contributed by atoms with Crippen LogP contribution >= 0.6 is 0 Å². The van der Waals surface area contributed by atoms with Crippen LogP contribution in [0.5, 0.6) is 0 Å². The summed E-state index contributed by atoms with van der Waals surface area (Å²) >= 11 is 0. The highest BCUT2D eigenvalue weighted by molar-refractivity contribution is 5.46. The number of nitrogens with one attached hydrogen (secondary N) is 1. The van der Waals surface area contributed by atoms with Crippen LogP contribution in [0.2, 0.25) is 0 Å². The molecular formula is C15H29NO. The van der Waals surface area contributed by atoms with Crippen LogP contribution in [0.25, 0.3) is 0 Å². The van der Waals surface area contributed by atoms with Gasteiger partial charge in [0.2, 0.25) is 6.41 Å². The second kappa shape index (κ2) is 5.41. The van der Waals surface area contributed by atoms with E-state index in [9.17, 15) is 4.79 Å². The third-order valence-electron chi connectivity index (χ3n) is 4.04. The Morgan fingerprint density at radius 3 is 2.24 bits per heavy atom. The molecule has 0 radical (unpaired) electrons. The Morgan fingerprint density at radius 2 is 1.71 bits per heavy atom. The van der Waals surface area contributed by atoms with E-state index in [-0.39, 0.29) is 0 Å². The van der Waals surface area contributed by atoms with Crippen molar-refractivity contribution in [1.82, 2.24) is 5.32 Å². The van der Waals surface area contributed by atoms with Crippen molar-refractivity contribution < 1.29 is 4.79 Å². The maximum absolute atomic E-state index is 10.7. The normalized spacial score (nSPS) is 26.6. The minimum atomic E-state index is 0.305. The van der Waals surface area contributed by atoms with E-state index >= 15 is 0 Å². The van der Waals surface area contributed by atoms with Crippen LogP contribution in [-0.4, -0.2) is 12.5 Å². The molecule has 100 valence electrons. The molecule has 2 heteroatoms. The summed E-state index contributed by atoms with van der Waals surface area (Å²) in [6, 6.07) is 0.388. The Morgan fingerprint density at radius 1 is 1.12 bits per heavy atom. The molecule has 2 atom stereocenters. The topological polar surface area (TPSA) is 29.1 Å². The fourth-order valence-electron chi connectivity index (χ4n) is 3.85. The van der Waals surface area contributed by atoms with Crippen molar-refractivity contribution >= 4 is 6.41 Å². The molecule has 1 fully saturated rings. The van der Waals surface area contributed by atoms with Crippen molar-refractivity contribution in [2.75, 3.05) is 0 Å². The van der Waals surface area contributed by atoms with E-state index < -0.39 is 0 Å². The first-order valence-corrected chi connectivity index (χ1v) is 6.96. The number of hydrogen-bond acceptors (Lipinski definition) is 1. The van der Waals surface area contributed by atoms with Crippen molar-refractivity contribution in [1.29, 1.82) is 0 Å². The van der Waals surface area contributed by atoms with E-state index in [2.05, 4.69) is 39.9 Å². The summed E-state index contributed by atoms with van der Waals surface area (Å²) in [6.45, 7) is 11.7. The van der Waals surface area contributed by atoms with Gasteiger partial charge in [-0.2, -0.15) is 0 Å². The minimum absolute atomic E-state index is 0.305. The summed E-state index contributed by atoms with van der Waals surface area (Å²) < 4.78 is 0. The zero-order chi connectivity index (χ0) is 13.1. The van der Waals surface area contributed by atoms with Crippen molar-refractivity contribution in [2.45, 2.75) is 72.8 Å². The summed E-state index contributed by atoms with van der Waals surface area (Å²) in [5.41, 5.74) is 0.659. The SMILES string of the molecule is CC(C)(C)CC(C)(C)C1CCCCC1NC=O. The van der Waals surface area contributed by atoms with Gasteiger partial charge in [-0.1, -0.05) is 47.5 Å². The van der Waals surface area contributed by atoms with Crippen LogP contribution in [-0.2, 0) is 4.79 Å². The molecule has 0 aromatic rings. The maximum Gasteiger partial charge on any atom is 0.207 e. The second-order valence-electron chi connectivity index (χ2n) is 7.51. The smallest absolute Gasteiger partial charge is 0.207 e. The maximum atomic E-state index is 10.7. The first kappa shape index (κ1) is 14.5. The van der Waals surface area contributed by atoms with Crippen LogP contribution in [0.1, 0.15) is 66.7 Å². The average Bonchev–Trinajstić information content (AvgIpc) is 2.15. The predicted octanol–water partition coefficient (Wildman–Crippen LogP) is 3.75. The van der Waals surface area contributed by atoms with Gasteiger partial charge >= 0.3 is 0 Å². The quantitative estimate of drug-likeness (QED) is 0.744. The lowest BCUT2D eigenvalue weighted by Gasteiger charge is -2.45. The molecule has 0 aromatic heterocycles. The van der Waals surface area contributed by atoms with Gasteiger partial charge in [0.05, 0.1) is 0 Å². The Labute approximate surface area is 107 Å². The molecule has 1 aliphatic rings. The summed E-state index contributed by atoms with van der Waals surface area (Å²) in [7, 11) is 0. The van der Waals surface area contributed by atoms with Gasteiger partial charge in [0, 0.05) is 6.04 Å². The number of rotatable bonds is 4. The molecule has 1 aliphatic carbocycles. The van der Waals surface area contributed by atoms with Crippen LogP contribution in [0.3, 0.4) is 0 Å². The molecule has 0 saturated heterocycles. The molecular weight excluding hydrogens is 210 g/mol. The lowest BCUT2D eigenvalue weighted by molar-refractivity contribution is -0.111. The van der Waals surface area contributed by atoms with E-state index in [1.54, 1.807) is 0 Å². The Kier molecular flexibility index (Phi) is 4.62. The molecule has 2 unspecified atom stereocenters. The van der Waals surface area contributed by atoms with Gasteiger partial charge in [0.15, 0.2) is 0 Å². The molecule has 1 N–H and O–H groups in total. The molecule has 0 spiro atoms. The molecule has 1 rings (SSSR count). The van der Waals surface area contributed by atoms with Crippen molar-refractivity contribution in [3.63, 3.8) is 0 Å². The third kappa shape index (κ3) is 4.33. The fourth-order valence-corrected chi connectivity index (χ4v) is 3.85. The van der Waals surface area contributed by atoms with Crippen molar-refractivity contribution in [2.24, 2.45) is 16.7 Å². The van der Waals surface area contributed by atoms with Crippen LogP contribution in [0, 0.1) is 16.7 Å². The molecule has 1 amide bonds. The van der Waals surface area contributed by atoms with Gasteiger partial charge in [-0.3, -0.25) is 4.79 Å². The first-order chi connectivity index (χ1) is 7.76. The lowest BCUT2D eigenvalue weighted by Crippen LogP contribution is -2.45. The van der Waals surface area contributed by atoms with Gasteiger partial charge < -0.3 is 5.32 Å². The average molecular weight is 239 g/mol. The van der Waals surface area contributed by atoms with Gasteiger partial charge in [0.25, 0.3) is 0 Å². The third-order valence-corrected chi connectivity index (χ3v) is 4.04. The molecule has 0 aromatic carbocycles. The van der Waals surface area contributed by atoms with Gasteiger partial charge in [-0.25, -0.2) is 0 Å². The summed E-state index contributed by atoms with van der Waals surface area (Å²) in [5.74, 6) is 0.626. The van der Waals surface area contributed by atoms with E-state index in [1.165, 1.54) is 25.7 Å². The van der Waals surface area contributed by atoms with Gasteiger partial charge in [-0.15, -0.1) is 0 Å². The zero-order valence-electron chi connectivity index (χ0n) is 12.2. The molecule has 0 aliphatic heterocycles. The number of amides is 1. The van der Waals surface area contributed by atoms with Gasteiger partial charge in [-0.05, 0) is 36.0 Å². The van der Waals surface area contributed by atoms with Crippen LogP contribution in [0.15, 0.2) is 0 Å². The van der Waals surface area contributed by atoms with Crippen LogP contribution < -0.4 is 5.32 Å². The summed E-state index contributed by atoms with van der Waals surface area (Å²) in [5, 5.41) is 3.05. The highest BCUT2D eigenvalue weighted by Crippen LogP contribution is 2.45. The molecule has 1 saturated carbocycles. The van der Waals surface area contributed by atoms with E-state index in [0.717, 1.165) is 12.8 Å². The standard InChI is InChI=1S/C15H29NO/c1-14(2,3)10-15(4,5)12-8-6-7-9-13(12)16-11-17/h11-13H,6-10H2,1-5H3,(H,16,17). The highest BCUT2D eigenvalue weighted by atomic mass is 16.1. The second-order valence-corrected chi connectivity index (χ2v) is 7.51. The first-order valence-electron chi connectivity index (χ1n) is 6.96. The number of carbonyl (C=O) groups excluding carboxylic acids is 1. The Bertz CT molecular complexity index is 252. The van der Waals surface area contributed by atoms with Crippen LogP contribution in [0.4, 0.5) is 0 Å². The summed E-state index contributed by atoms with van der Waals surface area (Å²) in [4.78, 5) is 10.7. The summed E-state index contributed by atoms with van der Waals surface area (Å²) in [6.07, 6.45) is 7.08. The Hall–Kier alpha value is -0.530. The number of hydrogen-bond donors (Lipinski definition) is 1. The van der Waals surface area contributed by atoms with Crippen molar-refractivity contribution in [3.8, 4) is 0 Å². The largest absolute Gasteiger partial charge is 0.356 e. The monoisotopic (exact) mass is 239 g/mol. The van der Waals surface area contributed by atoms with E-state index in [0.29, 0.717) is 22.8 Å². The Balaban J connectivity index is 2.75. The molecule has 2 nitrogen and oxygen atoms in total. The molecule has 17 heavy (non-hydrogen) atoms. The highest BCUT2D eigenvalue weighted by Gasteiger charge is 2.39. The lowest BCUT2D eigenvalue weighted by atomic mass is 9.63. The van der Waals surface area contributed by atoms with E-state index in [4.69, 9.17) is 0 Å². The fraction of sp³-hybridized carbons (Fsp3) is 0.933. The van der Waals surface area contributed by atoms with Gasteiger partial charge in [0.1, 0.15) is 0 Å². The van der Waals surface area contributed by atoms with E-state index in [1.807, 2.05) is 0 Å². The minimum Gasteiger partial charge on any atom is -0.356 e. The predicted molar refractivity (Wildman–Crippen MR) is 72.8 cm³/mol. The molecule has 0 heterocycles. The zero-order valence-corrected chi connectivity index (χ0v) is 12.2.